The maximum Gasteiger partial charge on any atom is 0.248 e. The van der Waals surface area contributed by atoms with Crippen molar-refractivity contribution >= 4 is 34.3 Å². The van der Waals surface area contributed by atoms with Gasteiger partial charge in [-0.2, -0.15) is 0 Å². The second-order valence-electron chi connectivity index (χ2n) is 5.68. The van der Waals surface area contributed by atoms with Crippen LogP contribution in [0, 0.1) is 6.92 Å². The second kappa shape index (κ2) is 7.05. The van der Waals surface area contributed by atoms with Crippen molar-refractivity contribution in [3.05, 3.63) is 65.9 Å². The lowest BCUT2D eigenvalue weighted by Gasteiger charge is -2.07. The zero-order valence-electron chi connectivity index (χ0n) is 14.1. The van der Waals surface area contributed by atoms with Crippen LogP contribution in [0.3, 0.4) is 0 Å². The Kier molecular flexibility index (Phi) is 4.66. The van der Waals surface area contributed by atoms with Gasteiger partial charge >= 0.3 is 0 Å². The third-order valence-corrected chi connectivity index (χ3v) is 3.78. The summed E-state index contributed by atoms with van der Waals surface area (Å²) in [7, 11) is 1.62. The minimum atomic E-state index is -0.214. The summed E-state index contributed by atoms with van der Waals surface area (Å²) in [6.07, 6.45) is 3.23. The fraction of sp³-hybridized carbons (Fsp3) is 0.100. The van der Waals surface area contributed by atoms with Crippen molar-refractivity contribution in [2.24, 2.45) is 0 Å². The molecule has 0 spiro atoms. The highest BCUT2D eigenvalue weighted by molar-refractivity contribution is 6.03. The van der Waals surface area contributed by atoms with E-state index in [4.69, 9.17) is 10.5 Å². The number of aromatic nitrogens is 1. The maximum atomic E-state index is 12.1. The van der Waals surface area contributed by atoms with Crippen molar-refractivity contribution in [1.29, 1.82) is 0 Å². The largest absolute Gasteiger partial charge is 0.497 e. The number of benzene rings is 2. The van der Waals surface area contributed by atoms with Crippen molar-refractivity contribution < 1.29 is 9.53 Å². The topological polar surface area (TPSA) is 77.2 Å². The Morgan fingerprint density at radius 2 is 1.92 bits per heavy atom. The van der Waals surface area contributed by atoms with E-state index in [-0.39, 0.29) is 5.91 Å². The molecule has 0 aliphatic rings. The number of rotatable bonds is 4. The predicted octanol–water partition coefficient (Wildman–Crippen LogP) is 3.79. The number of carbonyl (C=O) groups excluding carboxylic acids is 1. The number of carbonyl (C=O) groups is 1. The molecule has 0 saturated heterocycles. The van der Waals surface area contributed by atoms with E-state index in [1.165, 1.54) is 6.08 Å². The van der Waals surface area contributed by atoms with Crippen molar-refractivity contribution in [3.8, 4) is 5.75 Å². The van der Waals surface area contributed by atoms with E-state index >= 15 is 0 Å². The Labute approximate surface area is 146 Å². The normalized spacial score (nSPS) is 11.0. The second-order valence-corrected chi connectivity index (χ2v) is 5.68. The molecular weight excluding hydrogens is 314 g/mol. The van der Waals surface area contributed by atoms with Gasteiger partial charge in [-0.25, -0.2) is 0 Å². The predicted molar refractivity (Wildman–Crippen MR) is 102 cm³/mol. The van der Waals surface area contributed by atoms with E-state index in [9.17, 15) is 4.79 Å². The van der Waals surface area contributed by atoms with E-state index in [0.717, 1.165) is 27.9 Å². The number of aryl methyl sites for hydroxylation is 1. The van der Waals surface area contributed by atoms with Crippen LogP contribution in [0.5, 0.6) is 5.75 Å². The van der Waals surface area contributed by atoms with Crippen LogP contribution >= 0.6 is 0 Å². The monoisotopic (exact) mass is 333 g/mol. The highest BCUT2D eigenvalue weighted by Crippen LogP contribution is 2.24. The maximum absolute atomic E-state index is 12.1. The van der Waals surface area contributed by atoms with Gasteiger partial charge in [0.1, 0.15) is 5.75 Å². The van der Waals surface area contributed by atoms with Crippen molar-refractivity contribution in [2.75, 3.05) is 18.2 Å². The van der Waals surface area contributed by atoms with Gasteiger partial charge in [-0.05, 0) is 55.0 Å². The van der Waals surface area contributed by atoms with Gasteiger partial charge in [0.15, 0.2) is 0 Å². The minimum absolute atomic E-state index is 0.214. The van der Waals surface area contributed by atoms with Crippen LogP contribution < -0.4 is 15.8 Å². The van der Waals surface area contributed by atoms with E-state index in [2.05, 4.69) is 10.3 Å². The molecule has 5 nitrogen and oxygen atoms in total. The molecule has 0 radical (unpaired) electrons. The Bertz CT molecular complexity index is 947. The van der Waals surface area contributed by atoms with Gasteiger partial charge in [-0.1, -0.05) is 12.1 Å². The van der Waals surface area contributed by atoms with E-state index in [1.54, 1.807) is 13.2 Å². The molecule has 2 aromatic carbocycles. The summed E-state index contributed by atoms with van der Waals surface area (Å²) in [5.74, 6) is 0.563. The fourth-order valence-corrected chi connectivity index (χ4v) is 2.54. The summed E-state index contributed by atoms with van der Waals surface area (Å²) in [4.78, 5) is 16.5. The van der Waals surface area contributed by atoms with Crippen LogP contribution in [0.25, 0.3) is 17.0 Å². The molecule has 1 heterocycles. The first-order valence-electron chi connectivity index (χ1n) is 7.85. The summed E-state index contributed by atoms with van der Waals surface area (Å²) in [5.41, 5.74) is 9.95. The molecule has 3 rings (SSSR count). The van der Waals surface area contributed by atoms with Gasteiger partial charge in [-0.3, -0.25) is 9.78 Å². The lowest BCUT2D eigenvalue weighted by Crippen LogP contribution is -2.07. The number of methoxy groups -OCH3 is 1. The first-order valence-corrected chi connectivity index (χ1v) is 7.85. The smallest absolute Gasteiger partial charge is 0.248 e. The van der Waals surface area contributed by atoms with E-state index in [0.29, 0.717) is 11.4 Å². The summed E-state index contributed by atoms with van der Waals surface area (Å²) >= 11 is 0. The molecule has 1 amide bonds. The number of hydrogen-bond donors (Lipinski definition) is 2. The molecule has 5 heteroatoms. The van der Waals surface area contributed by atoms with Gasteiger partial charge in [-0.15, -0.1) is 0 Å². The Morgan fingerprint density at radius 3 is 2.64 bits per heavy atom. The van der Waals surface area contributed by atoms with Crippen LogP contribution in [0.2, 0.25) is 0 Å². The van der Waals surface area contributed by atoms with Crippen molar-refractivity contribution in [3.63, 3.8) is 0 Å². The highest BCUT2D eigenvalue weighted by Gasteiger charge is 2.04. The van der Waals surface area contributed by atoms with E-state index < -0.39 is 0 Å². The number of nitrogens with zero attached hydrogens (tertiary/aromatic N) is 1. The van der Waals surface area contributed by atoms with Crippen LogP contribution in [0.1, 0.15) is 11.3 Å². The van der Waals surface area contributed by atoms with Gasteiger partial charge < -0.3 is 15.8 Å². The summed E-state index contributed by atoms with van der Waals surface area (Å²) in [6.45, 7) is 1.90. The van der Waals surface area contributed by atoms with Crippen LogP contribution in [-0.4, -0.2) is 18.0 Å². The average Bonchev–Trinajstić information content (AvgIpc) is 2.61. The van der Waals surface area contributed by atoms with E-state index in [1.807, 2.05) is 55.5 Å². The molecule has 0 saturated carbocycles. The summed E-state index contributed by atoms with van der Waals surface area (Å²) < 4.78 is 5.11. The molecule has 126 valence electrons. The SMILES string of the molecule is COc1ccc(/C=C/C(=O)Nc2ccc3nc(C)cc(N)c3c2)cc1. The zero-order valence-corrected chi connectivity index (χ0v) is 14.1. The number of amides is 1. The minimum Gasteiger partial charge on any atom is -0.497 e. The molecule has 3 N–H and O–H groups in total. The highest BCUT2D eigenvalue weighted by atomic mass is 16.5. The number of anilines is 2. The third kappa shape index (κ3) is 3.95. The Hall–Kier alpha value is -3.34. The Balaban J connectivity index is 1.73. The summed E-state index contributed by atoms with van der Waals surface area (Å²) in [6, 6.07) is 14.8. The van der Waals surface area contributed by atoms with Gasteiger partial charge in [0, 0.05) is 28.5 Å². The molecule has 0 atom stereocenters. The standard InChI is InChI=1S/C20H19N3O2/c1-13-11-18(21)17-12-15(6-9-19(17)22-13)23-20(24)10-5-14-3-7-16(25-2)8-4-14/h3-12H,1-2H3,(H2,21,22)(H,23,24)/b10-5+. The number of nitrogens with one attached hydrogen (secondary N) is 1. The first kappa shape index (κ1) is 16.5. The molecule has 0 fully saturated rings. The van der Waals surface area contributed by atoms with Crippen molar-refractivity contribution in [2.45, 2.75) is 6.92 Å². The number of pyridine rings is 1. The van der Waals surface area contributed by atoms with Crippen molar-refractivity contribution in [1.82, 2.24) is 4.98 Å². The third-order valence-electron chi connectivity index (χ3n) is 3.78. The fourth-order valence-electron chi connectivity index (χ4n) is 2.54. The molecule has 0 bridgehead atoms. The quantitative estimate of drug-likeness (QED) is 0.712. The number of hydrogen-bond acceptors (Lipinski definition) is 4. The number of nitrogens with two attached hydrogens (primary N) is 1. The molecule has 1 aromatic heterocycles. The lowest BCUT2D eigenvalue weighted by atomic mass is 10.1. The number of fused-ring (bicyclic) bond motifs is 1. The molecular formula is C20H19N3O2. The molecule has 0 aliphatic heterocycles. The first-order chi connectivity index (χ1) is 12.0. The molecule has 3 aromatic rings. The lowest BCUT2D eigenvalue weighted by molar-refractivity contribution is -0.111. The molecule has 0 unspecified atom stereocenters. The number of nitrogen functional groups attached to an aromatic ring is 1. The van der Waals surface area contributed by atoms with Crippen LogP contribution in [0.4, 0.5) is 11.4 Å². The zero-order chi connectivity index (χ0) is 17.8. The number of ether oxygens (including phenoxy) is 1. The Morgan fingerprint density at radius 1 is 1.16 bits per heavy atom. The van der Waals surface area contributed by atoms with Crippen LogP contribution in [0.15, 0.2) is 54.6 Å². The van der Waals surface area contributed by atoms with Gasteiger partial charge in [0.2, 0.25) is 5.91 Å². The van der Waals surface area contributed by atoms with Gasteiger partial charge in [0.05, 0.1) is 12.6 Å². The molecule has 25 heavy (non-hydrogen) atoms. The average molecular weight is 333 g/mol. The summed E-state index contributed by atoms with van der Waals surface area (Å²) in [5, 5.41) is 3.66. The molecule has 0 aliphatic carbocycles. The van der Waals surface area contributed by atoms with Gasteiger partial charge in [0.25, 0.3) is 0 Å². The van der Waals surface area contributed by atoms with Crippen LogP contribution in [-0.2, 0) is 4.79 Å².